The Morgan fingerprint density at radius 2 is 1.82 bits per heavy atom. The van der Waals surface area contributed by atoms with Gasteiger partial charge in [-0.1, -0.05) is 56.6 Å². The first-order chi connectivity index (χ1) is 16.2. The lowest BCUT2D eigenvalue weighted by Gasteiger charge is -2.29. The van der Waals surface area contributed by atoms with E-state index in [0.717, 1.165) is 5.75 Å². The van der Waals surface area contributed by atoms with Gasteiger partial charge in [-0.15, -0.1) is 0 Å². The highest BCUT2D eigenvalue weighted by molar-refractivity contribution is 6.34. The molecule has 1 heterocycles. The first-order valence-corrected chi connectivity index (χ1v) is 11.5. The Labute approximate surface area is 204 Å². The van der Waals surface area contributed by atoms with E-state index in [9.17, 15) is 9.59 Å². The summed E-state index contributed by atoms with van der Waals surface area (Å²) in [5.74, 6) is 0.815. The van der Waals surface area contributed by atoms with Crippen molar-refractivity contribution in [2.45, 2.75) is 26.2 Å². The topological polar surface area (TPSA) is 67.9 Å². The molecule has 0 aliphatic carbocycles. The van der Waals surface area contributed by atoms with Gasteiger partial charge in [0.2, 0.25) is 0 Å². The van der Waals surface area contributed by atoms with Crippen LogP contribution < -0.4 is 19.7 Å². The minimum atomic E-state index is -0.331. The van der Waals surface area contributed by atoms with Gasteiger partial charge in [-0.05, 0) is 53.4 Å². The third-order valence-electron chi connectivity index (χ3n) is 5.58. The molecule has 3 aromatic carbocycles. The Bertz CT molecular complexity index is 1200. The van der Waals surface area contributed by atoms with Gasteiger partial charge in [0.15, 0.2) is 6.61 Å². The number of fused-ring (bicyclic) bond motifs is 1. The van der Waals surface area contributed by atoms with Crippen molar-refractivity contribution < 1.29 is 19.1 Å². The van der Waals surface area contributed by atoms with Crippen LogP contribution in [0.5, 0.6) is 11.5 Å². The first kappa shape index (κ1) is 23.6. The molecule has 0 fully saturated rings. The zero-order valence-corrected chi connectivity index (χ0v) is 20.2. The molecule has 3 aromatic rings. The van der Waals surface area contributed by atoms with Gasteiger partial charge in [0.25, 0.3) is 11.8 Å². The molecule has 0 saturated carbocycles. The van der Waals surface area contributed by atoms with Crippen LogP contribution in [0.1, 0.15) is 36.7 Å². The number of hydrogen-bond acceptors (Lipinski definition) is 4. The summed E-state index contributed by atoms with van der Waals surface area (Å²) in [6.45, 7) is 7.10. The number of amides is 2. The Morgan fingerprint density at radius 1 is 1.09 bits per heavy atom. The number of nitrogens with one attached hydrogen (secondary N) is 1. The molecule has 0 bridgehead atoms. The van der Waals surface area contributed by atoms with Crippen LogP contribution in [-0.2, 0) is 10.2 Å². The van der Waals surface area contributed by atoms with Crippen molar-refractivity contribution >= 4 is 34.8 Å². The highest BCUT2D eigenvalue weighted by atomic mass is 35.5. The molecule has 0 spiro atoms. The normalized spacial score (nSPS) is 13.2. The van der Waals surface area contributed by atoms with E-state index >= 15 is 0 Å². The SMILES string of the molecule is CC(C)(C)c1ccc(OCCN2C(=O)COc3ccc(NC(=O)c4ccccc4Cl)cc32)cc1. The van der Waals surface area contributed by atoms with Crippen molar-refractivity contribution in [3.63, 3.8) is 0 Å². The largest absolute Gasteiger partial charge is 0.492 e. The molecule has 0 aromatic heterocycles. The van der Waals surface area contributed by atoms with Gasteiger partial charge in [-0.2, -0.15) is 0 Å². The Kier molecular flexibility index (Phi) is 6.80. The number of ether oxygens (including phenoxy) is 2. The summed E-state index contributed by atoms with van der Waals surface area (Å²) in [4.78, 5) is 26.8. The standard InChI is InChI=1S/C27H27ClN2O4/c1-27(2,3)18-8-11-20(12-9-18)33-15-14-30-23-16-19(10-13-24(23)34-17-25(30)31)29-26(32)21-6-4-5-7-22(21)28/h4-13,16H,14-15,17H2,1-3H3,(H,29,32). The monoisotopic (exact) mass is 478 g/mol. The van der Waals surface area contributed by atoms with Crippen LogP contribution in [0.25, 0.3) is 0 Å². The minimum absolute atomic E-state index is 0.0430. The summed E-state index contributed by atoms with van der Waals surface area (Å²) >= 11 is 6.13. The number of carbonyl (C=O) groups is 2. The van der Waals surface area contributed by atoms with Crippen LogP contribution in [-0.4, -0.2) is 31.6 Å². The third kappa shape index (κ3) is 5.34. The van der Waals surface area contributed by atoms with Crippen molar-refractivity contribution in [2.75, 3.05) is 30.0 Å². The van der Waals surface area contributed by atoms with Crippen molar-refractivity contribution in [3.8, 4) is 11.5 Å². The van der Waals surface area contributed by atoms with Crippen LogP contribution >= 0.6 is 11.6 Å². The van der Waals surface area contributed by atoms with Crippen LogP contribution in [0, 0.1) is 0 Å². The minimum Gasteiger partial charge on any atom is -0.492 e. The van der Waals surface area contributed by atoms with Gasteiger partial charge in [-0.25, -0.2) is 0 Å². The van der Waals surface area contributed by atoms with Gasteiger partial charge >= 0.3 is 0 Å². The van der Waals surface area contributed by atoms with Gasteiger partial charge in [0, 0.05) is 5.69 Å². The summed E-state index contributed by atoms with van der Waals surface area (Å²) in [5.41, 5.74) is 2.78. The van der Waals surface area contributed by atoms with E-state index in [4.69, 9.17) is 21.1 Å². The number of halogens is 1. The summed E-state index contributed by atoms with van der Waals surface area (Å²) < 4.78 is 11.5. The number of hydrogen-bond donors (Lipinski definition) is 1. The summed E-state index contributed by atoms with van der Waals surface area (Å²) in [7, 11) is 0. The maximum atomic E-state index is 12.6. The first-order valence-electron chi connectivity index (χ1n) is 11.1. The Morgan fingerprint density at radius 3 is 2.53 bits per heavy atom. The number of benzene rings is 3. The van der Waals surface area contributed by atoms with E-state index in [-0.39, 0.29) is 23.8 Å². The molecule has 0 atom stereocenters. The van der Waals surface area contributed by atoms with Crippen LogP contribution in [0.4, 0.5) is 11.4 Å². The summed E-state index contributed by atoms with van der Waals surface area (Å²) in [6.07, 6.45) is 0. The fourth-order valence-electron chi connectivity index (χ4n) is 3.67. The molecule has 7 heteroatoms. The predicted molar refractivity (Wildman–Crippen MR) is 134 cm³/mol. The van der Waals surface area contributed by atoms with Crippen molar-refractivity contribution in [2.24, 2.45) is 0 Å². The second-order valence-electron chi connectivity index (χ2n) is 9.07. The molecule has 0 radical (unpaired) electrons. The van der Waals surface area contributed by atoms with E-state index in [1.54, 1.807) is 47.4 Å². The fourth-order valence-corrected chi connectivity index (χ4v) is 3.90. The number of nitrogens with zero attached hydrogens (tertiary/aromatic N) is 1. The molecular formula is C27H27ClN2O4. The van der Waals surface area contributed by atoms with Gasteiger partial charge in [0.1, 0.15) is 18.1 Å². The number of anilines is 2. The highest BCUT2D eigenvalue weighted by Crippen LogP contribution is 2.35. The molecule has 4 rings (SSSR count). The fraction of sp³-hybridized carbons (Fsp3) is 0.259. The van der Waals surface area contributed by atoms with Crippen molar-refractivity contribution in [1.29, 1.82) is 0 Å². The van der Waals surface area contributed by atoms with E-state index in [1.165, 1.54) is 5.56 Å². The Hall–Kier alpha value is -3.51. The van der Waals surface area contributed by atoms with E-state index < -0.39 is 0 Å². The average Bonchev–Trinajstić information content (AvgIpc) is 2.80. The molecule has 1 aliphatic heterocycles. The lowest BCUT2D eigenvalue weighted by Crippen LogP contribution is -2.41. The molecule has 1 aliphatic rings. The maximum absolute atomic E-state index is 12.6. The summed E-state index contributed by atoms with van der Waals surface area (Å²) in [5, 5.41) is 3.20. The van der Waals surface area contributed by atoms with Gasteiger partial charge < -0.3 is 19.7 Å². The van der Waals surface area contributed by atoms with Gasteiger partial charge in [0.05, 0.1) is 22.8 Å². The van der Waals surface area contributed by atoms with Crippen LogP contribution in [0.3, 0.4) is 0 Å². The maximum Gasteiger partial charge on any atom is 0.265 e. The number of rotatable bonds is 6. The highest BCUT2D eigenvalue weighted by Gasteiger charge is 2.26. The molecule has 34 heavy (non-hydrogen) atoms. The third-order valence-corrected chi connectivity index (χ3v) is 5.91. The lowest BCUT2D eigenvalue weighted by molar-refractivity contribution is -0.121. The second kappa shape index (κ2) is 9.77. The molecular weight excluding hydrogens is 452 g/mol. The van der Waals surface area contributed by atoms with Crippen LogP contribution in [0.15, 0.2) is 66.7 Å². The Balaban J connectivity index is 1.45. The predicted octanol–water partition coefficient (Wildman–Crippen LogP) is 5.69. The van der Waals surface area contributed by atoms with Crippen LogP contribution in [0.2, 0.25) is 5.02 Å². The quantitative estimate of drug-likeness (QED) is 0.494. The molecule has 0 unspecified atom stereocenters. The number of carbonyl (C=O) groups excluding carboxylic acids is 2. The van der Waals surface area contributed by atoms with E-state index in [0.29, 0.717) is 40.9 Å². The lowest BCUT2D eigenvalue weighted by atomic mass is 9.87. The molecule has 6 nitrogen and oxygen atoms in total. The molecule has 176 valence electrons. The van der Waals surface area contributed by atoms with E-state index in [2.05, 4.69) is 38.2 Å². The average molecular weight is 479 g/mol. The molecule has 0 saturated heterocycles. The second-order valence-corrected chi connectivity index (χ2v) is 9.48. The van der Waals surface area contributed by atoms with E-state index in [1.807, 2.05) is 12.1 Å². The smallest absolute Gasteiger partial charge is 0.265 e. The van der Waals surface area contributed by atoms with Gasteiger partial charge in [-0.3, -0.25) is 9.59 Å². The van der Waals surface area contributed by atoms with Crippen molar-refractivity contribution in [1.82, 2.24) is 0 Å². The zero-order chi connectivity index (χ0) is 24.3. The summed E-state index contributed by atoms with van der Waals surface area (Å²) in [6, 6.07) is 20.0. The zero-order valence-electron chi connectivity index (χ0n) is 19.4. The van der Waals surface area contributed by atoms with Crippen molar-refractivity contribution in [3.05, 3.63) is 82.9 Å². The molecule has 2 amide bonds. The molecule has 1 N–H and O–H groups in total.